The van der Waals surface area contributed by atoms with Gasteiger partial charge in [0.2, 0.25) is 0 Å². The van der Waals surface area contributed by atoms with Gasteiger partial charge in [0.15, 0.2) is 0 Å². The van der Waals surface area contributed by atoms with Crippen LogP contribution < -0.4 is 0 Å². The molecule has 0 amide bonds. The van der Waals surface area contributed by atoms with E-state index in [0.717, 1.165) is 34.4 Å². The highest BCUT2D eigenvalue weighted by Crippen LogP contribution is 2.20. The van der Waals surface area contributed by atoms with Gasteiger partial charge in [-0.25, -0.2) is 0 Å². The molecule has 2 aromatic heterocycles. The van der Waals surface area contributed by atoms with Crippen molar-refractivity contribution in [2.45, 2.75) is 87.6 Å². The van der Waals surface area contributed by atoms with Crippen molar-refractivity contribution in [1.29, 1.82) is 15.8 Å². The average Bonchev–Trinajstić information content (AvgIpc) is 3.29. The Labute approximate surface area is 219 Å². The zero-order valence-corrected chi connectivity index (χ0v) is 21.4. The number of nitriles is 3. The number of pyridine rings is 1. The predicted molar refractivity (Wildman–Crippen MR) is 151 cm³/mol. The molecule has 0 bridgehead atoms. The Bertz CT molecular complexity index is 1160. The highest BCUT2D eigenvalue weighted by molar-refractivity contribution is 5.39. The molecule has 0 aliphatic carbocycles. The molecule has 36 heavy (non-hydrogen) atoms. The van der Waals surface area contributed by atoms with Crippen molar-refractivity contribution in [1.82, 2.24) is 9.55 Å². The van der Waals surface area contributed by atoms with Crippen LogP contribution in [0.2, 0.25) is 0 Å². The molecule has 0 spiro atoms. The minimum Gasteiger partial charge on any atom is -0.353 e. The highest BCUT2D eigenvalue weighted by Gasteiger charge is 2.08. The van der Waals surface area contributed by atoms with Gasteiger partial charge in [-0.3, -0.25) is 4.98 Å². The van der Waals surface area contributed by atoms with Crippen LogP contribution in [0.1, 0.15) is 114 Å². The second-order valence-electron chi connectivity index (χ2n) is 8.85. The maximum absolute atomic E-state index is 8.81. The van der Waals surface area contributed by atoms with Gasteiger partial charge < -0.3 is 4.57 Å². The van der Waals surface area contributed by atoms with Crippen LogP contribution in [0.15, 0.2) is 55.1 Å². The van der Waals surface area contributed by atoms with E-state index in [4.69, 9.17) is 15.8 Å². The van der Waals surface area contributed by atoms with Crippen molar-refractivity contribution in [3.63, 3.8) is 0 Å². The molecule has 1 aromatic carbocycles. The largest absolute Gasteiger partial charge is 0.353 e. The van der Waals surface area contributed by atoms with E-state index in [1.807, 2.05) is 41.1 Å². The fourth-order valence-corrected chi connectivity index (χ4v) is 3.20. The Kier molecular flexibility index (Phi) is 16.7. The van der Waals surface area contributed by atoms with E-state index in [1.54, 1.807) is 12.4 Å². The van der Waals surface area contributed by atoms with E-state index in [-0.39, 0.29) is 14.9 Å². The van der Waals surface area contributed by atoms with Crippen LogP contribution in [0, 0.1) is 34.0 Å². The summed E-state index contributed by atoms with van der Waals surface area (Å²) in [5, 5.41) is 26.1. The number of aryl methyl sites for hydroxylation is 1. The van der Waals surface area contributed by atoms with Crippen molar-refractivity contribution in [3.8, 4) is 18.2 Å². The van der Waals surface area contributed by atoms with Crippen LogP contribution in [0.25, 0.3) is 0 Å². The van der Waals surface area contributed by atoms with Crippen LogP contribution in [-0.2, 0) is 6.54 Å². The van der Waals surface area contributed by atoms with Crippen LogP contribution in [-0.4, -0.2) is 9.55 Å². The second kappa shape index (κ2) is 17.5. The first kappa shape index (κ1) is 34.3. The first-order valence-electron chi connectivity index (χ1n) is 11.6. The Morgan fingerprint density at radius 3 is 1.75 bits per heavy atom. The van der Waals surface area contributed by atoms with E-state index < -0.39 is 0 Å². The molecule has 5 heteroatoms. The molecular weight excluding hydrogens is 442 g/mol. The molecule has 0 saturated heterocycles. The predicted octanol–water partition coefficient (Wildman–Crippen LogP) is 8.53. The molecule has 0 unspecified atom stereocenters. The lowest BCUT2D eigenvalue weighted by atomic mass is 9.98. The van der Waals surface area contributed by atoms with Crippen LogP contribution in [0.5, 0.6) is 0 Å². The second-order valence-corrected chi connectivity index (χ2v) is 8.85. The van der Waals surface area contributed by atoms with E-state index in [1.165, 1.54) is 0 Å². The third-order valence-electron chi connectivity index (χ3n) is 5.28. The maximum atomic E-state index is 8.81. The lowest BCUT2D eigenvalue weighted by molar-refractivity contribution is 0.758. The summed E-state index contributed by atoms with van der Waals surface area (Å²) >= 11 is 0. The summed E-state index contributed by atoms with van der Waals surface area (Å²) in [5.74, 6) is 1.31. The summed E-state index contributed by atoms with van der Waals surface area (Å²) < 4.78 is 2.05. The molecule has 5 nitrogen and oxygen atoms in total. The van der Waals surface area contributed by atoms with Crippen molar-refractivity contribution in [2.24, 2.45) is 0 Å². The number of rotatable bonds is 4. The molecule has 192 valence electrons. The minimum atomic E-state index is 0. The number of nitrogens with zero attached hydrogens (tertiary/aromatic N) is 5. The normalized spacial score (nSPS) is 9.31. The van der Waals surface area contributed by atoms with Gasteiger partial charge in [-0.1, -0.05) is 74.6 Å². The summed E-state index contributed by atoms with van der Waals surface area (Å²) in [7, 11) is 0. The van der Waals surface area contributed by atoms with Crippen molar-refractivity contribution in [2.75, 3.05) is 0 Å². The molecule has 0 fully saturated rings. The van der Waals surface area contributed by atoms with E-state index >= 15 is 0 Å². The van der Waals surface area contributed by atoms with Crippen LogP contribution in [0.4, 0.5) is 0 Å². The van der Waals surface area contributed by atoms with Gasteiger partial charge in [-0.2, -0.15) is 15.8 Å². The van der Waals surface area contributed by atoms with E-state index in [9.17, 15) is 0 Å². The van der Waals surface area contributed by atoms with Crippen molar-refractivity contribution in [3.05, 3.63) is 88.5 Å². The Morgan fingerprint density at radius 1 is 0.750 bits per heavy atom. The number of aromatic nitrogens is 2. The molecule has 0 aliphatic rings. The van der Waals surface area contributed by atoms with Crippen LogP contribution in [0.3, 0.4) is 0 Å². The molecular formula is C31H43N5. The minimum absolute atomic E-state index is 0. The third kappa shape index (κ3) is 10.6. The first-order chi connectivity index (χ1) is 16.2. The fourth-order valence-electron chi connectivity index (χ4n) is 3.20. The lowest BCUT2D eigenvalue weighted by Gasteiger charge is -2.05. The molecule has 0 saturated carbocycles. The Morgan fingerprint density at radius 2 is 1.33 bits per heavy atom. The molecule has 0 aliphatic heterocycles. The number of hydrogen-bond acceptors (Lipinski definition) is 4. The van der Waals surface area contributed by atoms with Crippen LogP contribution >= 0.6 is 0 Å². The molecule has 0 atom stereocenters. The average molecular weight is 486 g/mol. The monoisotopic (exact) mass is 485 g/mol. The van der Waals surface area contributed by atoms with Gasteiger partial charge in [0.25, 0.3) is 0 Å². The van der Waals surface area contributed by atoms with Gasteiger partial charge in [-0.05, 0) is 53.5 Å². The summed E-state index contributed by atoms with van der Waals surface area (Å²) in [6.07, 6.45) is 7.34. The molecule has 0 N–H and O–H groups in total. The Balaban J connectivity index is 0. The van der Waals surface area contributed by atoms with E-state index in [0.29, 0.717) is 23.3 Å². The van der Waals surface area contributed by atoms with Gasteiger partial charge in [-0.15, -0.1) is 0 Å². The standard InChI is InChI=1S/C10H14N2.C10H11N.C9H10N2.2CH4/c1-4-12-6-9(5-11)10(7-12)8(2)3;1-8(2)10-6-4-3-5-9(10)7-11;1-7(2)9-3-8(4-10)5-11-6-9;;/h6-8H,4H2,1-3H3;3-6,8H,1-2H3;3,5-7H,1-2H3;2*1H4. The lowest BCUT2D eigenvalue weighted by Crippen LogP contribution is -1.90. The summed E-state index contributed by atoms with van der Waals surface area (Å²) in [6, 6.07) is 16.0. The summed E-state index contributed by atoms with van der Waals surface area (Å²) in [4.78, 5) is 3.95. The summed E-state index contributed by atoms with van der Waals surface area (Å²) in [5.41, 5.74) is 5.64. The number of hydrogen-bond donors (Lipinski definition) is 0. The topological polar surface area (TPSA) is 89.2 Å². The molecule has 3 rings (SSSR count). The molecule has 3 aromatic rings. The zero-order valence-electron chi connectivity index (χ0n) is 21.4. The van der Waals surface area contributed by atoms with Crippen molar-refractivity contribution >= 4 is 0 Å². The zero-order chi connectivity index (χ0) is 25.7. The third-order valence-corrected chi connectivity index (χ3v) is 5.28. The molecule has 2 heterocycles. The number of benzene rings is 1. The summed E-state index contributed by atoms with van der Waals surface area (Å²) in [6.45, 7) is 15.6. The highest BCUT2D eigenvalue weighted by atomic mass is 14.9. The Hall–Kier alpha value is -3.88. The van der Waals surface area contributed by atoms with Gasteiger partial charge >= 0.3 is 0 Å². The van der Waals surface area contributed by atoms with Gasteiger partial charge in [0.05, 0.1) is 22.8 Å². The SMILES string of the molecule is C.C.CC(C)c1ccccc1C#N.CC(C)c1cncc(C#N)c1.CCn1cc(C#N)c(C(C)C)c1. The van der Waals surface area contributed by atoms with Gasteiger partial charge in [0, 0.05) is 31.3 Å². The van der Waals surface area contributed by atoms with Gasteiger partial charge in [0.1, 0.15) is 12.1 Å². The quantitative estimate of drug-likeness (QED) is 0.370. The fraction of sp³-hybridized carbons (Fsp3) is 0.419. The van der Waals surface area contributed by atoms with E-state index in [2.05, 4.69) is 77.9 Å². The molecule has 0 radical (unpaired) electrons. The van der Waals surface area contributed by atoms with Crippen molar-refractivity contribution < 1.29 is 0 Å². The smallest absolute Gasteiger partial charge is 0.101 e. The first-order valence-corrected chi connectivity index (χ1v) is 11.6. The maximum Gasteiger partial charge on any atom is 0.101 e.